The highest BCUT2D eigenvalue weighted by atomic mass is 35.5. The quantitative estimate of drug-likeness (QED) is 0.819. The zero-order chi connectivity index (χ0) is 17.3. The highest BCUT2D eigenvalue weighted by molar-refractivity contribution is 6.33. The van der Waals surface area contributed by atoms with Crippen LogP contribution >= 0.6 is 11.6 Å². The smallest absolute Gasteiger partial charge is 0.253 e. The van der Waals surface area contributed by atoms with Crippen molar-refractivity contribution >= 4 is 23.1 Å². The Hall–Kier alpha value is -2.33. The summed E-state index contributed by atoms with van der Waals surface area (Å²) >= 11 is 6.19. The topological polar surface area (TPSA) is 46.9 Å². The maximum absolute atomic E-state index is 12.3. The van der Waals surface area contributed by atoms with E-state index < -0.39 is 0 Å². The van der Waals surface area contributed by atoms with Crippen LogP contribution in [0.5, 0.6) is 0 Å². The third-order valence-electron chi connectivity index (χ3n) is 4.01. The van der Waals surface area contributed by atoms with Gasteiger partial charge in [0.05, 0.1) is 22.5 Å². The summed E-state index contributed by atoms with van der Waals surface area (Å²) in [5.41, 5.74) is 4.30. The second kappa shape index (κ2) is 6.65. The molecule has 1 heterocycles. The first kappa shape index (κ1) is 16.5. The van der Waals surface area contributed by atoms with Gasteiger partial charge in [-0.05, 0) is 50.5 Å². The van der Waals surface area contributed by atoms with Crippen molar-refractivity contribution in [3.63, 3.8) is 0 Å². The molecule has 2 aromatic rings. The van der Waals surface area contributed by atoms with Crippen molar-refractivity contribution in [1.82, 2.24) is 15.1 Å². The molecule has 0 aliphatic heterocycles. The van der Waals surface area contributed by atoms with Gasteiger partial charge in [0.15, 0.2) is 0 Å². The molecule has 1 N–H and O–H groups in total. The third-order valence-corrected chi connectivity index (χ3v) is 4.34. The minimum Gasteiger partial charge on any atom is -0.349 e. The van der Waals surface area contributed by atoms with E-state index in [4.69, 9.17) is 11.6 Å². The van der Waals surface area contributed by atoms with E-state index in [9.17, 15) is 4.79 Å². The molecule has 1 amide bonds. The normalized spacial score (nSPS) is 14.5. The molecule has 1 saturated carbocycles. The van der Waals surface area contributed by atoms with Gasteiger partial charge in [0.1, 0.15) is 0 Å². The van der Waals surface area contributed by atoms with Gasteiger partial charge in [0, 0.05) is 17.8 Å². The Kier molecular flexibility index (Phi) is 4.58. The number of rotatable bonds is 5. The molecule has 1 aromatic heterocycles. The van der Waals surface area contributed by atoms with Gasteiger partial charge in [-0.3, -0.25) is 4.79 Å². The van der Waals surface area contributed by atoms with Gasteiger partial charge in [-0.15, -0.1) is 0 Å². The Morgan fingerprint density at radius 2 is 2.21 bits per heavy atom. The van der Waals surface area contributed by atoms with Gasteiger partial charge in [-0.2, -0.15) is 5.10 Å². The van der Waals surface area contributed by atoms with Gasteiger partial charge in [0.2, 0.25) is 0 Å². The first-order chi connectivity index (χ1) is 11.5. The van der Waals surface area contributed by atoms with Crippen LogP contribution in [0, 0.1) is 0 Å². The van der Waals surface area contributed by atoms with Crippen molar-refractivity contribution in [2.24, 2.45) is 0 Å². The monoisotopic (exact) mass is 341 g/mol. The van der Waals surface area contributed by atoms with Crippen LogP contribution in [0.3, 0.4) is 0 Å². The fourth-order valence-corrected chi connectivity index (χ4v) is 2.79. The number of amides is 1. The minimum absolute atomic E-state index is 0.132. The number of allylic oxidation sites excluding steroid dienone is 3. The van der Waals surface area contributed by atoms with E-state index in [2.05, 4.69) is 17.0 Å². The molecule has 0 bridgehead atoms. The lowest BCUT2D eigenvalue weighted by atomic mass is 10.0. The van der Waals surface area contributed by atoms with Crippen LogP contribution in [-0.4, -0.2) is 21.7 Å². The molecular formula is C19H20ClN3O. The standard InChI is InChI=1S/C19H20ClN3O/c1-4-16(12(2)3)13-10-21-23(11-13)15-7-8-18(20)17(9-15)19(24)22-14-5-6-14/h4,7-11,14H,2,5-6H2,1,3H3,(H,22,24). The van der Waals surface area contributed by atoms with Crippen molar-refractivity contribution in [2.45, 2.75) is 32.7 Å². The zero-order valence-corrected chi connectivity index (χ0v) is 14.6. The molecule has 0 unspecified atom stereocenters. The molecule has 0 radical (unpaired) electrons. The number of nitrogens with one attached hydrogen (secondary N) is 1. The summed E-state index contributed by atoms with van der Waals surface area (Å²) in [6, 6.07) is 5.65. The lowest BCUT2D eigenvalue weighted by molar-refractivity contribution is 0.0951. The van der Waals surface area contributed by atoms with Gasteiger partial charge < -0.3 is 5.32 Å². The van der Waals surface area contributed by atoms with Crippen LogP contribution in [0.15, 0.2) is 48.8 Å². The molecule has 1 aliphatic rings. The summed E-state index contributed by atoms with van der Waals surface area (Å²) in [6.07, 6.45) is 7.82. The van der Waals surface area contributed by atoms with Crippen molar-refractivity contribution in [3.05, 3.63) is 65.0 Å². The number of aromatic nitrogens is 2. The third kappa shape index (κ3) is 3.44. The van der Waals surface area contributed by atoms with E-state index in [0.717, 1.165) is 35.2 Å². The van der Waals surface area contributed by atoms with Gasteiger partial charge >= 0.3 is 0 Å². The van der Waals surface area contributed by atoms with Crippen molar-refractivity contribution < 1.29 is 4.79 Å². The summed E-state index contributed by atoms with van der Waals surface area (Å²) in [5, 5.41) is 7.81. The van der Waals surface area contributed by atoms with Crippen LogP contribution in [0.4, 0.5) is 0 Å². The number of benzene rings is 1. The number of hydrogen-bond donors (Lipinski definition) is 1. The second-order valence-electron chi connectivity index (χ2n) is 6.07. The average Bonchev–Trinajstić information content (AvgIpc) is 3.22. The average molecular weight is 342 g/mol. The highest BCUT2D eigenvalue weighted by Crippen LogP contribution is 2.25. The predicted molar refractivity (Wildman–Crippen MR) is 97.5 cm³/mol. The lowest BCUT2D eigenvalue weighted by Crippen LogP contribution is -2.25. The summed E-state index contributed by atoms with van der Waals surface area (Å²) in [6.45, 7) is 7.94. The molecule has 24 heavy (non-hydrogen) atoms. The molecule has 124 valence electrons. The number of halogens is 1. The van der Waals surface area contributed by atoms with Gasteiger partial charge in [-0.25, -0.2) is 4.68 Å². The van der Waals surface area contributed by atoms with Crippen LogP contribution in [0.25, 0.3) is 11.3 Å². The lowest BCUT2D eigenvalue weighted by Gasteiger charge is -2.08. The fraction of sp³-hybridized carbons (Fsp3) is 0.263. The van der Waals surface area contributed by atoms with Crippen molar-refractivity contribution in [1.29, 1.82) is 0 Å². The number of nitrogens with zero attached hydrogens (tertiary/aromatic N) is 2. The molecule has 0 saturated heterocycles. The zero-order valence-electron chi connectivity index (χ0n) is 13.8. The van der Waals surface area contributed by atoms with Crippen LogP contribution in [-0.2, 0) is 0 Å². The van der Waals surface area contributed by atoms with E-state index in [0.29, 0.717) is 16.6 Å². The van der Waals surface area contributed by atoms with Crippen LogP contribution in [0.1, 0.15) is 42.6 Å². The van der Waals surface area contributed by atoms with Crippen molar-refractivity contribution in [3.8, 4) is 5.69 Å². The van der Waals surface area contributed by atoms with E-state index in [-0.39, 0.29) is 5.91 Å². The molecule has 0 spiro atoms. The Morgan fingerprint density at radius 3 is 2.83 bits per heavy atom. The number of carbonyl (C=O) groups excluding carboxylic acids is 1. The highest BCUT2D eigenvalue weighted by Gasteiger charge is 2.25. The molecule has 3 rings (SSSR count). The molecular weight excluding hydrogens is 322 g/mol. The second-order valence-corrected chi connectivity index (χ2v) is 6.48. The first-order valence-corrected chi connectivity index (χ1v) is 8.35. The molecule has 1 fully saturated rings. The van der Waals surface area contributed by atoms with E-state index >= 15 is 0 Å². The predicted octanol–water partition coefficient (Wildman–Crippen LogP) is 4.40. The van der Waals surface area contributed by atoms with Crippen LogP contribution in [0.2, 0.25) is 5.02 Å². The maximum Gasteiger partial charge on any atom is 0.253 e. The number of carbonyl (C=O) groups is 1. The molecule has 5 heteroatoms. The Labute approximate surface area is 146 Å². The Morgan fingerprint density at radius 1 is 1.46 bits per heavy atom. The van der Waals surface area contributed by atoms with E-state index in [1.807, 2.05) is 32.2 Å². The minimum atomic E-state index is -0.132. The number of hydrogen-bond acceptors (Lipinski definition) is 2. The Balaban J connectivity index is 1.91. The molecule has 1 aliphatic carbocycles. The maximum atomic E-state index is 12.3. The summed E-state index contributed by atoms with van der Waals surface area (Å²) < 4.78 is 1.74. The summed E-state index contributed by atoms with van der Waals surface area (Å²) in [7, 11) is 0. The van der Waals surface area contributed by atoms with E-state index in [1.54, 1.807) is 23.0 Å². The van der Waals surface area contributed by atoms with E-state index in [1.165, 1.54) is 0 Å². The fourth-order valence-electron chi connectivity index (χ4n) is 2.58. The molecule has 4 nitrogen and oxygen atoms in total. The van der Waals surface area contributed by atoms with Gasteiger partial charge in [0.25, 0.3) is 5.91 Å². The Bertz CT molecular complexity index is 831. The van der Waals surface area contributed by atoms with Crippen LogP contribution < -0.4 is 5.32 Å². The van der Waals surface area contributed by atoms with Gasteiger partial charge in [-0.1, -0.05) is 29.8 Å². The van der Waals surface area contributed by atoms with Crippen molar-refractivity contribution in [2.75, 3.05) is 0 Å². The summed E-state index contributed by atoms with van der Waals surface area (Å²) in [5.74, 6) is -0.132. The molecule has 1 aromatic carbocycles. The first-order valence-electron chi connectivity index (χ1n) is 7.97. The largest absolute Gasteiger partial charge is 0.349 e. The SMILES string of the molecule is C=C(C)C(=CC)c1cnn(-c2ccc(Cl)c(C(=O)NC3CC3)c2)c1. The molecule has 0 atom stereocenters. The summed E-state index contributed by atoms with van der Waals surface area (Å²) in [4.78, 5) is 12.3.